The summed E-state index contributed by atoms with van der Waals surface area (Å²) >= 11 is 0. The maximum atomic E-state index is 5.14. The minimum Gasteiger partial charge on any atom is -0.153 e. The Kier molecular flexibility index (Phi) is 363. The van der Waals surface area contributed by atoms with Crippen LogP contribution in [-0.2, 0) is 0 Å². The summed E-state index contributed by atoms with van der Waals surface area (Å²) in [5.74, 6) is 0. The lowest BCUT2D eigenvalue weighted by Crippen LogP contribution is -1.63. The van der Waals surface area contributed by atoms with E-state index in [2.05, 4.69) is 71.0 Å². The fraction of sp³-hybridized carbons (Fsp3) is 1.00. The van der Waals surface area contributed by atoms with Crippen LogP contribution in [0.4, 0.5) is 0 Å². The van der Waals surface area contributed by atoms with Gasteiger partial charge in [-0.2, -0.15) is 9.90 Å². The Hall–Kier alpha value is 1.42. The molecule has 4 radical (unpaired) electrons. The van der Waals surface area contributed by atoms with Crippen LogP contribution in [0.1, 0.15) is 156 Å². The highest BCUT2D eigenvalue weighted by Gasteiger charge is 1.68. The molecular formula is C26H75B2P3. The number of hydrogen-bond donors (Lipinski definition) is 0. The molecule has 5 heteroatoms. The molecule has 0 fully saturated rings. The number of rotatable bonds is 6. The summed E-state index contributed by atoms with van der Waals surface area (Å²) in [4.78, 5) is 0. The maximum Gasteiger partial charge on any atom is 0.0652 e. The predicted molar refractivity (Wildman–Crippen MR) is 179 cm³/mol. The molecule has 3 unspecified atom stereocenters. The average Bonchev–Trinajstić information content (AvgIpc) is 2.74. The van der Waals surface area contributed by atoms with Gasteiger partial charge >= 0.3 is 0 Å². The summed E-state index contributed by atoms with van der Waals surface area (Å²) in [6, 6.07) is 0. The molecule has 200 valence electrons. The first kappa shape index (κ1) is 69.8. The summed E-state index contributed by atoms with van der Waals surface area (Å²) in [6.07, 6.45) is 13.1. The molecule has 0 aliphatic carbocycles. The van der Waals surface area contributed by atoms with E-state index < -0.39 is 0 Å². The molecule has 0 aliphatic heterocycles. The van der Waals surface area contributed by atoms with Gasteiger partial charge in [-0.1, -0.05) is 168 Å². The third kappa shape index (κ3) is 494. The van der Waals surface area contributed by atoms with Gasteiger partial charge in [0.2, 0.25) is 0 Å². The van der Waals surface area contributed by atoms with E-state index in [1.165, 1.54) is 51.4 Å². The second-order valence-electron chi connectivity index (χ2n) is 5.28. The summed E-state index contributed by atoms with van der Waals surface area (Å²) in [6.45, 7) is 27.3. The van der Waals surface area contributed by atoms with Crippen molar-refractivity contribution in [2.24, 2.45) is 0 Å². The molecule has 0 saturated heterocycles. The van der Waals surface area contributed by atoms with Crippen LogP contribution in [0.3, 0.4) is 0 Å². The quantitative estimate of drug-likeness (QED) is 0.250. The standard InChI is InChI=1S/C5H12.C4H9B.C4H10.C3H7B.C3H8.2C2H6.CH6P2.2CH4.H3P/c1-3-5-4-2;1-2-3-4-5;1-3-4-2;1-2-3-4;1-3-2;2*1-2;1-3-2;;;/h3-5H2,1-2H3;2-4H2,1H3;3-4H2,1-2H3;2-3H2,1H3;3H2,1-2H3;2*1-2H3;3H,2H2,1H3;2*1H4;1H3. The molecule has 0 bridgehead atoms. The van der Waals surface area contributed by atoms with Gasteiger partial charge in [0.15, 0.2) is 0 Å². The highest BCUT2D eigenvalue weighted by molar-refractivity contribution is 8.02. The Morgan fingerprint density at radius 1 is 0.548 bits per heavy atom. The molecule has 0 amide bonds. The zero-order chi connectivity index (χ0) is 24.5. The Morgan fingerprint density at radius 3 is 0.742 bits per heavy atom. The molecular weight excluding hydrogens is 427 g/mol. The van der Waals surface area contributed by atoms with Gasteiger partial charge in [-0.05, 0) is 6.66 Å². The summed E-state index contributed by atoms with van der Waals surface area (Å²) < 4.78 is 0. The molecule has 0 nitrogen and oxygen atoms in total. The average molecular weight is 502 g/mol. The number of unbranched alkanes of at least 4 members (excludes halogenated alkanes) is 4. The molecule has 0 heterocycles. The Morgan fingerprint density at radius 2 is 0.742 bits per heavy atom. The monoisotopic (exact) mass is 503 g/mol. The Bertz CT molecular complexity index is 90.7. The van der Waals surface area contributed by atoms with E-state index in [4.69, 9.17) is 15.7 Å². The SMILES string of the molecule is C.C.CC.CC.CCC.CCCC.CCCCC.CPP.P.[B]CCC.[B]CCCC. The molecule has 0 spiro atoms. The first-order valence-electron chi connectivity index (χ1n) is 12.3. The fourth-order valence-corrected chi connectivity index (χ4v) is 0.558. The van der Waals surface area contributed by atoms with Crippen molar-refractivity contribution in [1.29, 1.82) is 0 Å². The largest absolute Gasteiger partial charge is 0.153 e. The minimum atomic E-state index is 0. The third-order valence-electron chi connectivity index (χ3n) is 2.05. The highest BCUT2D eigenvalue weighted by Crippen LogP contribution is 2.10. The van der Waals surface area contributed by atoms with Gasteiger partial charge in [0.25, 0.3) is 0 Å². The van der Waals surface area contributed by atoms with Gasteiger partial charge in [-0.25, -0.2) is 0 Å². The van der Waals surface area contributed by atoms with Crippen LogP contribution < -0.4 is 0 Å². The van der Waals surface area contributed by atoms with Crippen molar-refractivity contribution in [2.45, 2.75) is 168 Å². The van der Waals surface area contributed by atoms with Crippen molar-refractivity contribution in [2.75, 3.05) is 6.66 Å². The lowest BCUT2D eigenvalue weighted by molar-refractivity contribution is 0.772. The van der Waals surface area contributed by atoms with Crippen molar-refractivity contribution in [3.05, 3.63) is 0 Å². The minimum absolute atomic E-state index is 0. The molecule has 31 heavy (non-hydrogen) atoms. The molecule has 0 aromatic heterocycles. The van der Waals surface area contributed by atoms with Crippen LogP contribution in [0.2, 0.25) is 12.6 Å². The van der Waals surface area contributed by atoms with Crippen LogP contribution in [0, 0.1) is 0 Å². The first-order chi connectivity index (χ1) is 13.5. The van der Waals surface area contributed by atoms with Crippen LogP contribution in [0.5, 0.6) is 0 Å². The summed E-state index contributed by atoms with van der Waals surface area (Å²) in [7, 11) is 13.8. The normalized spacial score (nSPS) is 6.52. The van der Waals surface area contributed by atoms with Gasteiger partial charge in [0, 0.05) is 0 Å². The molecule has 0 aliphatic rings. The predicted octanol–water partition coefficient (Wildman–Crippen LogP) is 12.2. The molecule has 0 aromatic rings. The van der Waals surface area contributed by atoms with Crippen LogP contribution in [0.25, 0.3) is 0 Å². The molecule has 0 rings (SSSR count). The van der Waals surface area contributed by atoms with Gasteiger partial charge in [0.1, 0.15) is 0 Å². The third-order valence-corrected chi connectivity index (χ3v) is 2.05. The van der Waals surface area contributed by atoms with Crippen LogP contribution in [0.15, 0.2) is 0 Å². The Labute approximate surface area is 217 Å². The summed E-state index contributed by atoms with van der Waals surface area (Å²) in [5, 5.41) is 0. The van der Waals surface area contributed by atoms with E-state index in [-0.39, 0.29) is 24.8 Å². The molecule has 0 N–H and O–H groups in total. The van der Waals surface area contributed by atoms with Gasteiger partial charge < -0.3 is 0 Å². The zero-order valence-electron chi connectivity index (χ0n) is 23.7. The van der Waals surface area contributed by atoms with Gasteiger partial charge in [-0.15, -0.1) is 17.2 Å². The van der Waals surface area contributed by atoms with E-state index >= 15 is 0 Å². The van der Waals surface area contributed by atoms with Crippen LogP contribution >= 0.6 is 27.1 Å². The van der Waals surface area contributed by atoms with E-state index in [1.54, 1.807) is 0 Å². The van der Waals surface area contributed by atoms with E-state index in [1.807, 2.05) is 27.7 Å². The van der Waals surface area contributed by atoms with E-state index in [0.717, 1.165) is 27.3 Å². The zero-order valence-corrected chi connectivity index (χ0v) is 27.3. The second kappa shape index (κ2) is 161. The van der Waals surface area contributed by atoms with Gasteiger partial charge in [-0.3, -0.25) is 0 Å². The smallest absolute Gasteiger partial charge is 0.0652 e. The first-order valence-corrected chi connectivity index (χ1v) is 15.6. The Balaban J connectivity index is -0.0000000165. The van der Waals surface area contributed by atoms with Gasteiger partial charge in [0.05, 0.1) is 15.7 Å². The maximum absolute atomic E-state index is 5.14. The highest BCUT2D eigenvalue weighted by atomic mass is 32.0. The molecule has 0 saturated carbocycles. The van der Waals surface area contributed by atoms with Crippen LogP contribution in [-0.4, -0.2) is 22.4 Å². The van der Waals surface area contributed by atoms with Crippen molar-refractivity contribution in [1.82, 2.24) is 0 Å². The lowest BCUT2D eigenvalue weighted by Gasteiger charge is -1.79. The number of hydrogen-bond acceptors (Lipinski definition) is 0. The van der Waals surface area contributed by atoms with Crippen molar-refractivity contribution >= 4 is 42.8 Å². The van der Waals surface area contributed by atoms with E-state index in [9.17, 15) is 0 Å². The summed E-state index contributed by atoms with van der Waals surface area (Å²) in [5.41, 5.74) is 0. The van der Waals surface area contributed by atoms with Crippen molar-refractivity contribution in [3.8, 4) is 0 Å². The molecule has 3 atom stereocenters. The molecule has 0 aromatic carbocycles. The van der Waals surface area contributed by atoms with E-state index in [0.29, 0.717) is 0 Å². The van der Waals surface area contributed by atoms with Crippen molar-refractivity contribution in [3.63, 3.8) is 0 Å². The lowest BCUT2D eigenvalue weighted by atomic mass is 10.0. The van der Waals surface area contributed by atoms with Crippen molar-refractivity contribution < 1.29 is 0 Å². The second-order valence-corrected chi connectivity index (χ2v) is 7.59. The fourth-order valence-electron chi connectivity index (χ4n) is 0.558. The topological polar surface area (TPSA) is 0 Å².